The Kier molecular flexibility index (Phi) is 7.19. The summed E-state index contributed by atoms with van der Waals surface area (Å²) in [4.78, 5) is 24.4. The average molecular weight is 251 g/mol. The quantitative estimate of drug-likeness (QED) is 0.527. The molecule has 0 aliphatic heterocycles. The molecule has 18 heavy (non-hydrogen) atoms. The largest absolute Gasteiger partial charge is 0.368 e. The summed E-state index contributed by atoms with van der Waals surface area (Å²) < 4.78 is 0. The van der Waals surface area contributed by atoms with Crippen LogP contribution in [0.15, 0.2) is 37.5 Å². The van der Waals surface area contributed by atoms with Crippen LogP contribution >= 0.6 is 0 Å². The smallest absolute Gasteiger partial charge is 0.318 e. The van der Waals surface area contributed by atoms with E-state index >= 15 is 0 Å². The van der Waals surface area contributed by atoms with E-state index in [-0.39, 0.29) is 18.6 Å². The lowest BCUT2D eigenvalue weighted by Gasteiger charge is -2.27. The molecule has 2 atom stereocenters. The fraction of sp³-hybridized carbons (Fsp3) is 0.385. The molecule has 0 aliphatic rings. The fourth-order valence-corrected chi connectivity index (χ4v) is 1.28. The Morgan fingerprint density at radius 1 is 1.39 bits per heavy atom. The van der Waals surface area contributed by atoms with E-state index < -0.39 is 11.9 Å². The van der Waals surface area contributed by atoms with Gasteiger partial charge in [0.2, 0.25) is 5.91 Å². The van der Waals surface area contributed by atoms with Crippen molar-refractivity contribution in [1.82, 2.24) is 10.2 Å². The predicted octanol–water partition coefficient (Wildman–Crippen LogP) is 1.19. The Labute approximate surface area is 108 Å². The summed E-state index contributed by atoms with van der Waals surface area (Å²) in [5.74, 6) is -0.554. The van der Waals surface area contributed by atoms with Gasteiger partial charge in [-0.3, -0.25) is 4.79 Å². The molecule has 5 heteroatoms. The van der Waals surface area contributed by atoms with Crippen LogP contribution < -0.4 is 11.1 Å². The molecule has 0 saturated heterocycles. The molecular formula is C13H21N3O2. The van der Waals surface area contributed by atoms with Crippen LogP contribution in [0.3, 0.4) is 0 Å². The van der Waals surface area contributed by atoms with Crippen molar-refractivity contribution in [2.45, 2.75) is 25.9 Å². The second-order valence-electron chi connectivity index (χ2n) is 3.88. The number of nitrogens with one attached hydrogen (secondary N) is 1. The summed E-state index contributed by atoms with van der Waals surface area (Å²) in [5, 5.41) is 2.73. The summed E-state index contributed by atoms with van der Waals surface area (Å²) in [6, 6.07) is -1.20. The van der Waals surface area contributed by atoms with Gasteiger partial charge < -0.3 is 16.0 Å². The maximum Gasteiger partial charge on any atom is 0.318 e. The first-order valence-electron chi connectivity index (χ1n) is 5.70. The van der Waals surface area contributed by atoms with Crippen LogP contribution in [0.5, 0.6) is 0 Å². The summed E-state index contributed by atoms with van der Waals surface area (Å²) in [6.45, 7) is 10.8. The van der Waals surface area contributed by atoms with Gasteiger partial charge in [0.1, 0.15) is 6.04 Å². The standard InChI is InChI=1S/C13H21N3O2/c1-5-7-8-10(3)15-13(18)16(9-6-2)11(4)12(14)17/h5-8,10-11H,1-2,9H2,3-4H3,(H2,14,17)(H,15,18)/b8-7-/t10-,11?/m1/s1. The molecule has 0 aromatic heterocycles. The number of nitrogens with zero attached hydrogens (tertiary/aromatic N) is 1. The van der Waals surface area contributed by atoms with Crippen molar-refractivity contribution >= 4 is 11.9 Å². The average Bonchev–Trinajstić information content (AvgIpc) is 2.32. The van der Waals surface area contributed by atoms with E-state index in [0.29, 0.717) is 0 Å². The Bertz CT molecular complexity index is 350. The zero-order valence-corrected chi connectivity index (χ0v) is 10.9. The molecule has 100 valence electrons. The molecule has 0 aromatic rings. The first-order valence-corrected chi connectivity index (χ1v) is 5.70. The zero-order valence-electron chi connectivity index (χ0n) is 10.9. The van der Waals surface area contributed by atoms with Gasteiger partial charge in [-0.15, -0.1) is 6.58 Å². The van der Waals surface area contributed by atoms with Crippen molar-refractivity contribution in [2.75, 3.05) is 6.54 Å². The number of carbonyl (C=O) groups is 2. The number of allylic oxidation sites excluding steroid dienone is 2. The fourth-order valence-electron chi connectivity index (χ4n) is 1.28. The van der Waals surface area contributed by atoms with Crippen LogP contribution in [-0.4, -0.2) is 35.5 Å². The van der Waals surface area contributed by atoms with Crippen LogP contribution in [-0.2, 0) is 4.79 Å². The molecule has 0 rings (SSSR count). The summed E-state index contributed by atoms with van der Waals surface area (Å²) in [5.41, 5.74) is 5.19. The molecule has 0 aliphatic carbocycles. The monoisotopic (exact) mass is 251 g/mol. The normalized spacial score (nSPS) is 13.7. The number of amides is 3. The highest BCUT2D eigenvalue weighted by Gasteiger charge is 2.23. The zero-order chi connectivity index (χ0) is 14.1. The van der Waals surface area contributed by atoms with Gasteiger partial charge >= 0.3 is 6.03 Å². The van der Waals surface area contributed by atoms with Gasteiger partial charge in [0.15, 0.2) is 0 Å². The molecule has 0 bridgehead atoms. The minimum atomic E-state index is -0.682. The van der Waals surface area contributed by atoms with Crippen LogP contribution in [0.25, 0.3) is 0 Å². The SMILES string of the molecule is C=C/C=C\[C@@H](C)NC(=O)N(CC=C)C(C)C(N)=O. The van der Waals surface area contributed by atoms with Gasteiger partial charge in [-0.25, -0.2) is 4.79 Å². The van der Waals surface area contributed by atoms with Crippen molar-refractivity contribution in [3.8, 4) is 0 Å². The first-order chi connectivity index (χ1) is 8.43. The van der Waals surface area contributed by atoms with E-state index in [1.807, 2.05) is 6.92 Å². The minimum absolute atomic E-state index is 0.164. The number of urea groups is 1. The number of carbonyl (C=O) groups excluding carboxylic acids is 2. The molecule has 3 N–H and O–H groups in total. The van der Waals surface area contributed by atoms with Crippen LogP contribution in [0, 0.1) is 0 Å². The highest BCUT2D eigenvalue weighted by atomic mass is 16.2. The Hall–Kier alpha value is -2.04. The van der Waals surface area contributed by atoms with E-state index in [0.717, 1.165) is 0 Å². The molecule has 0 spiro atoms. The molecule has 5 nitrogen and oxygen atoms in total. The maximum absolute atomic E-state index is 12.0. The van der Waals surface area contributed by atoms with Gasteiger partial charge in [0.05, 0.1) is 0 Å². The van der Waals surface area contributed by atoms with Crippen molar-refractivity contribution < 1.29 is 9.59 Å². The van der Waals surface area contributed by atoms with Crippen LogP contribution in [0.4, 0.5) is 4.79 Å². The van der Waals surface area contributed by atoms with Crippen molar-refractivity contribution in [3.63, 3.8) is 0 Å². The minimum Gasteiger partial charge on any atom is -0.368 e. The third-order valence-corrected chi connectivity index (χ3v) is 2.35. The van der Waals surface area contributed by atoms with E-state index in [1.54, 1.807) is 31.2 Å². The number of hydrogen-bond acceptors (Lipinski definition) is 2. The van der Waals surface area contributed by atoms with E-state index in [1.165, 1.54) is 4.90 Å². The Morgan fingerprint density at radius 2 is 2.00 bits per heavy atom. The lowest BCUT2D eigenvalue weighted by atomic mass is 10.2. The molecule has 0 aromatic carbocycles. The number of rotatable bonds is 7. The van der Waals surface area contributed by atoms with E-state index in [9.17, 15) is 9.59 Å². The lowest BCUT2D eigenvalue weighted by molar-refractivity contribution is -0.121. The molecule has 0 heterocycles. The van der Waals surface area contributed by atoms with E-state index in [4.69, 9.17) is 5.73 Å². The van der Waals surface area contributed by atoms with Gasteiger partial charge in [-0.1, -0.05) is 30.9 Å². The Balaban J connectivity index is 4.66. The molecule has 1 unspecified atom stereocenters. The van der Waals surface area contributed by atoms with Crippen LogP contribution in [0.1, 0.15) is 13.8 Å². The summed E-state index contributed by atoms with van der Waals surface area (Å²) in [7, 11) is 0. The van der Waals surface area contributed by atoms with Crippen molar-refractivity contribution in [2.24, 2.45) is 5.73 Å². The number of hydrogen-bond donors (Lipinski definition) is 2. The molecular weight excluding hydrogens is 230 g/mol. The van der Waals surface area contributed by atoms with Crippen molar-refractivity contribution in [1.29, 1.82) is 0 Å². The third kappa shape index (κ3) is 5.34. The summed E-state index contributed by atoms with van der Waals surface area (Å²) >= 11 is 0. The second kappa shape index (κ2) is 8.11. The predicted molar refractivity (Wildman–Crippen MR) is 72.9 cm³/mol. The maximum atomic E-state index is 12.0. The second-order valence-corrected chi connectivity index (χ2v) is 3.88. The highest BCUT2D eigenvalue weighted by molar-refractivity contribution is 5.85. The molecule has 0 radical (unpaired) electrons. The van der Waals surface area contributed by atoms with Gasteiger partial charge in [0.25, 0.3) is 0 Å². The molecule has 0 fully saturated rings. The highest BCUT2D eigenvalue weighted by Crippen LogP contribution is 2.01. The van der Waals surface area contributed by atoms with E-state index in [2.05, 4.69) is 18.5 Å². The summed E-state index contributed by atoms with van der Waals surface area (Å²) in [6.07, 6.45) is 6.69. The van der Waals surface area contributed by atoms with Gasteiger partial charge in [-0.2, -0.15) is 0 Å². The molecule has 0 saturated carbocycles. The Morgan fingerprint density at radius 3 is 2.44 bits per heavy atom. The first kappa shape index (κ1) is 16.0. The lowest BCUT2D eigenvalue weighted by Crippen LogP contribution is -2.51. The van der Waals surface area contributed by atoms with Crippen molar-refractivity contribution in [3.05, 3.63) is 37.5 Å². The topological polar surface area (TPSA) is 75.4 Å². The van der Waals surface area contributed by atoms with Crippen LogP contribution in [0.2, 0.25) is 0 Å². The van der Waals surface area contributed by atoms with Gasteiger partial charge in [0, 0.05) is 12.6 Å². The third-order valence-electron chi connectivity index (χ3n) is 2.35. The van der Waals surface area contributed by atoms with Gasteiger partial charge in [-0.05, 0) is 13.8 Å². The number of nitrogens with two attached hydrogens (primary N) is 1. The molecule has 3 amide bonds. The number of primary amides is 1.